The first kappa shape index (κ1) is 8.38. The Bertz CT molecular complexity index is 347. The van der Waals surface area contributed by atoms with E-state index < -0.39 is 0 Å². The molecule has 0 amide bonds. The molecule has 0 aromatic carbocycles. The molecule has 0 spiro atoms. The Morgan fingerprint density at radius 3 is 3.15 bits per heavy atom. The van der Waals surface area contributed by atoms with Gasteiger partial charge < -0.3 is 5.73 Å². The molecule has 0 saturated carbocycles. The third kappa shape index (κ3) is 1.47. The zero-order valence-electron chi connectivity index (χ0n) is 7.42. The average Bonchev–Trinajstić information content (AvgIpc) is 2.63. The van der Waals surface area contributed by atoms with Crippen molar-refractivity contribution in [2.24, 2.45) is 5.73 Å². The van der Waals surface area contributed by atoms with Crippen molar-refractivity contribution in [3.8, 4) is 0 Å². The van der Waals surface area contributed by atoms with Crippen LogP contribution in [0.2, 0.25) is 0 Å². The van der Waals surface area contributed by atoms with Crippen molar-refractivity contribution in [3.63, 3.8) is 0 Å². The molecule has 0 radical (unpaired) electrons. The molecule has 0 aliphatic heterocycles. The highest BCUT2D eigenvalue weighted by molar-refractivity contribution is 5.97. The van der Waals surface area contributed by atoms with Crippen molar-refractivity contribution in [2.75, 3.05) is 6.54 Å². The Balaban J connectivity index is 2.36. The van der Waals surface area contributed by atoms with Gasteiger partial charge in [0.1, 0.15) is 0 Å². The number of aryl methyl sites for hydroxylation is 2. The molecule has 0 bridgehead atoms. The summed E-state index contributed by atoms with van der Waals surface area (Å²) in [6.45, 7) is 0.0699. The van der Waals surface area contributed by atoms with Gasteiger partial charge in [-0.25, -0.2) is 0 Å². The minimum atomic E-state index is -0.0257. The van der Waals surface area contributed by atoms with Crippen LogP contribution in [0.5, 0.6) is 0 Å². The smallest absolute Gasteiger partial charge is 0.177 e. The Hall–Kier alpha value is -1.22. The van der Waals surface area contributed by atoms with Gasteiger partial charge in [-0.3, -0.25) is 9.78 Å². The van der Waals surface area contributed by atoms with E-state index in [4.69, 9.17) is 5.73 Å². The number of fused-ring (bicyclic) bond motifs is 1. The van der Waals surface area contributed by atoms with E-state index in [9.17, 15) is 4.79 Å². The molecule has 68 valence electrons. The fraction of sp³-hybridized carbons (Fsp3) is 0.400. The molecular formula is C10H12N2O. The van der Waals surface area contributed by atoms with Gasteiger partial charge in [0.2, 0.25) is 0 Å². The maximum atomic E-state index is 11.2. The summed E-state index contributed by atoms with van der Waals surface area (Å²) in [7, 11) is 0. The molecule has 1 aliphatic rings. The summed E-state index contributed by atoms with van der Waals surface area (Å²) in [6.07, 6.45) is 4.89. The maximum absolute atomic E-state index is 11.2. The summed E-state index contributed by atoms with van der Waals surface area (Å²) in [4.78, 5) is 15.5. The minimum absolute atomic E-state index is 0.0257. The minimum Gasteiger partial charge on any atom is -0.324 e. The summed E-state index contributed by atoms with van der Waals surface area (Å²) in [6, 6.07) is 1.94. The fourth-order valence-electron chi connectivity index (χ4n) is 1.70. The number of aromatic nitrogens is 1. The molecule has 0 fully saturated rings. The molecule has 0 atom stereocenters. The van der Waals surface area contributed by atoms with Crippen molar-refractivity contribution < 1.29 is 4.79 Å². The monoisotopic (exact) mass is 176 g/mol. The average molecular weight is 176 g/mol. The Kier molecular flexibility index (Phi) is 2.10. The molecule has 13 heavy (non-hydrogen) atoms. The molecule has 0 saturated heterocycles. The lowest BCUT2D eigenvalue weighted by molar-refractivity contribution is 0.100. The van der Waals surface area contributed by atoms with Crippen LogP contribution in [0.4, 0.5) is 0 Å². The SMILES string of the molecule is NCC(=O)c1cnc2c(c1)CCC2. The number of carbonyl (C=O) groups excluding carboxylic acids is 1. The van der Waals surface area contributed by atoms with Crippen LogP contribution in [0.1, 0.15) is 28.0 Å². The number of pyridine rings is 1. The van der Waals surface area contributed by atoms with Gasteiger partial charge in [-0.05, 0) is 30.9 Å². The lowest BCUT2D eigenvalue weighted by Crippen LogP contribution is -2.14. The van der Waals surface area contributed by atoms with Gasteiger partial charge in [0.25, 0.3) is 0 Å². The highest BCUT2D eigenvalue weighted by Crippen LogP contribution is 2.20. The predicted octanol–water partition coefficient (Wildman–Crippen LogP) is 0.712. The third-order valence-electron chi connectivity index (χ3n) is 2.43. The number of Topliss-reactive ketones (excluding diaryl/α,β-unsaturated/α-hetero) is 1. The van der Waals surface area contributed by atoms with Gasteiger partial charge in [0.05, 0.1) is 6.54 Å². The fourth-order valence-corrected chi connectivity index (χ4v) is 1.70. The molecule has 3 heteroatoms. The Morgan fingerprint density at radius 1 is 1.54 bits per heavy atom. The lowest BCUT2D eigenvalue weighted by Gasteiger charge is -2.01. The van der Waals surface area contributed by atoms with Crippen molar-refractivity contribution in [2.45, 2.75) is 19.3 Å². The molecule has 1 aromatic heterocycles. The van der Waals surface area contributed by atoms with Crippen LogP contribution in [0.15, 0.2) is 12.3 Å². The van der Waals surface area contributed by atoms with E-state index >= 15 is 0 Å². The standard InChI is InChI=1S/C10H12N2O/c11-5-10(13)8-4-7-2-1-3-9(7)12-6-8/h4,6H,1-3,5,11H2. The zero-order valence-corrected chi connectivity index (χ0v) is 7.42. The Labute approximate surface area is 77.0 Å². The molecule has 1 heterocycles. The molecule has 1 aliphatic carbocycles. The van der Waals surface area contributed by atoms with E-state index in [0.717, 1.165) is 25.0 Å². The number of hydrogen-bond acceptors (Lipinski definition) is 3. The molecule has 1 aromatic rings. The Morgan fingerprint density at radius 2 is 2.38 bits per heavy atom. The van der Waals surface area contributed by atoms with Crippen LogP contribution >= 0.6 is 0 Å². The van der Waals surface area contributed by atoms with Gasteiger partial charge in [0.15, 0.2) is 5.78 Å². The molecule has 2 rings (SSSR count). The molecular weight excluding hydrogens is 164 g/mol. The summed E-state index contributed by atoms with van der Waals surface area (Å²) in [5.41, 5.74) is 8.30. The first-order valence-electron chi connectivity index (χ1n) is 4.52. The van der Waals surface area contributed by atoms with Crippen LogP contribution in [-0.2, 0) is 12.8 Å². The zero-order chi connectivity index (χ0) is 9.26. The summed E-state index contributed by atoms with van der Waals surface area (Å²) in [5, 5.41) is 0. The van der Waals surface area contributed by atoms with Gasteiger partial charge in [-0.15, -0.1) is 0 Å². The van der Waals surface area contributed by atoms with Crippen molar-refractivity contribution in [1.82, 2.24) is 4.98 Å². The van der Waals surface area contributed by atoms with Crippen LogP contribution in [0, 0.1) is 0 Å². The van der Waals surface area contributed by atoms with E-state index in [2.05, 4.69) is 4.98 Å². The van der Waals surface area contributed by atoms with Gasteiger partial charge in [-0.1, -0.05) is 0 Å². The quantitative estimate of drug-likeness (QED) is 0.675. The highest BCUT2D eigenvalue weighted by atomic mass is 16.1. The number of hydrogen-bond donors (Lipinski definition) is 1. The largest absolute Gasteiger partial charge is 0.324 e. The van der Waals surface area contributed by atoms with E-state index in [1.807, 2.05) is 6.07 Å². The van der Waals surface area contributed by atoms with Crippen molar-refractivity contribution >= 4 is 5.78 Å². The van der Waals surface area contributed by atoms with Crippen molar-refractivity contribution in [3.05, 3.63) is 29.1 Å². The summed E-state index contributed by atoms with van der Waals surface area (Å²) in [5.74, 6) is -0.0257. The topological polar surface area (TPSA) is 56.0 Å². The van der Waals surface area contributed by atoms with Gasteiger partial charge >= 0.3 is 0 Å². The van der Waals surface area contributed by atoms with E-state index in [1.165, 1.54) is 5.56 Å². The maximum Gasteiger partial charge on any atom is 0.177 e. The lowest BCUT2D eigenvalue weighted by atomic mass is 10.1. The number of ketones is 1. The molecule has 3 nitrogen and oxygen atoms in total. The first-order valence-corrected chi connectivity index (χ1v) is 4.52. The summed E-state index contributed by atoms with van der Waals surface area (Å²) < 4.78 is 0. The number of rotatable bonds is 2. The second kappa shape index (κ2) is 3.26. The van der Waals surface area contributed by atoms with Gasteiger partial charge in [0, 0.05) is 17.5 Å². The number of carbonyl (C=O) groups is 1. The second-order valence-electron chi connectivity index (χ2n) is 3.31. The van der Waals surface area contributed by atoms with E-state index in [-0.39, 0.29) is 12.3 Å². The normalized spacial score (nSPS) is 14.2. The number of nitrogens with two attached hydrogens (primary N) is 1. The number of nitrogens with zero attached hydrogens (tertiary/aromatic N) is 1. The van der Waals surface area contributed by atoms with E-state index in [1.54, 1.807) is 6.20 Å². The highest BCUT2D eigenvalue weighted by Gasteiger charge is 2.14. The van der Waals surface area contributed by atoms with Crippen LogP contribution < -0.4 is 5.73 Å². The summed E-state index contributed by atoms with van der Waals surface area (Å²) >= 11 is 0. The molecule has 2 N–H and O–H groups in total. The van der Waals surface area contributed by atoms with Crippen LogP contribution in [0.25, 0.3) is 0 Å². The predicted molar refractivity (Wildman–Crippen MR) is 49.6 cm³/mol. The molecule has 0 unspecified atom stereocenters. The van der Waals surface area contributed by atoms with Crippen LogP contribution in [0.3, 0.4) is 0 Å². The van der Waals surface area contributed by atoms with Crippen LogP contribution in [-0.4, -0.2) is 17.3 Å². The first-order chi connectivity index (χ1) is 6.31. The van der Waals surface area contributed by atoms with Gasteiger partial charge in [-0.2, -0.15) is 0 Å². The second-order valence-corrected chi connectivity index (χ2v) is 3.31. The van der Waals surface area contributed by atoms with E-state index in [0.29, 0.717) is 5.56 Å². The van der Waals surface area contributed by atoms with Crippen molar-refractivity contribution in [1.29, 1.82) is 0 Å². The third-order valence-corrected chi connectivity index (χ3v) is 2.43.